The first kappa shape index (κ1) is 41.6. The van der Waals surface area contributed by atoms with Gasteiger partial charge in [-0.1, -0.05) is 74.5 Å². The fourth-order valence-electron chi connectivity index (χ4n) is 9.36. The first-order valence-electron chi connectivity index (χ1n) is 21.9. The number of fused-ring (bicyclic) bond motifs is 2. The van der Waals surface area contributed by atoms with Crippen molar-refractivity contribution in [2.45, 2.75) is 76.2 Å². The topological polar surface area (TPSA) is 189 Å². The molecule has 5 N–H and O–H groups in total. The first-order valence-corrected chi connectivity index (χ1v) is 21.9. The summed E-state index contributed by atoms with van der Waals surface area (Å²) in [6, 6.07) is 25.7. The highest BCUT2D eigenvalue weighted by atomic mass is 16.5. The Morgan fingerprint density at radius 1 is 0.762 bits per heavy atom. The smallest absolute Gasteiger partial charge is 0.407 e. The van der Waals surface area contributed by atoms with Gasteiger partial charge in [0.15, 0.2) is 0 Å². The number of imidazole rings is 2. The molecule has 5 amide bonds. The molecule has 2 aromatic heterocycles. The Morgan fingerprint density at radius 3 is 2.13 bits per heavy atom. The number of methoxy groups -OCH3 is 1. The quantitative estimate of drug-likeness (QED) is 0.0974. The second-order valence-corrected chi connectivity index (χ2v) is 17.2. The first-order chi connectivity index (χ1) is 30.5. The maximum Gasteiger partial charge on any atom is 0.407 e. The number of aromatic nitrogens is 4. The van der Waals surface area contributed by atoms with Crippen LogP contribution < -0.4 is 10.6 Å². The summed E-state index contributed by atoms with van der Waals surface area (Å²) in [5.74, 6) is 0.982. The van der Waals surface area contributed by atoms with Gasteiger partial charge in [-0.2, -0.15) is 0 Å². The summed E-state index contributed by atoms with van der Waals surface area (Å²) in [5, 5.41) is 17.8. The van der Waals surface area contributed by atoms with Crippen molar-refractivity contribution in [3.05, 3.63) is 108 Å². The van der Waals surface area contributed by atoms with Crippen molar-refractivity contribution in [2.75, 3.05) is 33.3 Å². The zero-order valence-electron chi connectivity index (χ0n) is 35.7. The van der Waals surface area contributed by atoms with Gasteiger partial charge in [0.25, 0.3) is 0 Å². The number of nitrogens with one attached hydrogen (secondary N) is 4. The van der Waals surface area contributed by atoms with Crippen LogP contribution in [0.1, 0.15) is 81.3 Å². The largest absolute Gasteiger partial charge is 0.453 e. The number of aliphatic hydroxyl groups excluding tert-OH is 1. The molecule has 5 atom stereocenters. The van der Waals surface area contributed by atoms with Crippen LogP contribution >= 0.6 is 0 Å². The maximum absolute atomic E-state index is 14.3. The molecular weight excluding hydrogens is 799 g/mol. The van der Waals surface area contributed by atoms with Gasteiger partial charge in [-0.05, 0) is 89.8 Å². The highest BCUT2D eigenvalue weighted by molar-refractivity contribution is 5.92. The van der Waals surface area contributed by atoms with E-state index in [0.29, 0.717) is 37.4 Å². The van der Waals surface area contributed by atoms with Crippen molar-refractivity contribution in [2.24, 2.45) is 5.92 Å². The van der Waals surface area contributed by atoms with Gasteiger partial charge in [-0.15, -0.1) is 0 Å². The number of carbonyl (C=O) groups is 4. The van der Waals surface area contributed by atoms with E-state index < -0.39 is 24.3 Å². The fraction of sp³-hybridized carbons (Fsp3) is 0.375. The molecule has 0 bridgehead atoms. The molecule has 15 nitrogen and oxygen atoms in total. The average molecular weight is 852 g/mol. The molecule has 15 heteroatoms. The zero-order chi connectivity index (χ0) is 43.8. The molecule has 4 aromatic carbocycles. The van der Waals surface area contributed by atoms with Gasteiger partial charge in [-0.25, -0.2) is 19.6 Å². The van der Waals surface area contributed by atoms with Gasteiger partial charge in [-0.3, -0.25) is 9.59 Å². The molecule has 0 radical (unpaired) electrons. The zero-order valence-corrected chi connectivity index (χ0v) is 35.7. The van der Waals surface area contributed by atoms with E-state index in [2.05, 4.69) is 69.1 Å². The number of aliphatic hydroxyl groups is 1. The van der Waals surface area contributed by atoms with Crippen LogP contribution in [0.5, 0.6) is 0 Å². The molecule has 9 rings (SSSR count). The standard InChI is InChI=1S/C48H53N9O6/c1-28(2)41(54-48(62)63-3)45(59)56-20-7-11-39(56)43-49-26-38(52-43)34-16-15-30-23-31(13-14-32(30)24-34)33-17-18-36-37(25-33)51-44(50-36)40-12-8-21-57(40)46(60)42(29-9-5-4-6-10-29)53-47(61)55-22-19-35(58)27-55/h4-6,9-10,13-18,23-26,28,35,39-42,58H,7-8,11-12,19-22,27H2,1-3H3,(H,49,52)(H,50,51)(H,53,61)(H,54,62). The number of H-pyrrole nitrogens is 2. The van der Waals surface area contributed by atoms with E-state index in [1.54, 1.807) is 4.90 Å². The van der Waals surface area contributed by atoms with Crippen LogP contribution in [-0.4, -0.2) is 109 Å². The number of urea groups is 1. The van der Waals surface area contributed by atoms with E-state index in [0.717, 1.165) is 75.7 Å². The summed E-state index contributed by atoms with van der Waals surface area (Å²) in [6.45, 7) is 5.62. The van der Waals surface area contributed by atoms with E-state index in [1.165, 1.54) is 7.11 Å². The molecule has 326 valence electrons. The summed E-state index contributed by atoms with van der Waals surface area (Å²) in [4.78, 5) is 75.2. The van der Waals surface area contributed by atoms with Crippen molar-refractivity contribution >= 4 is 45.7 Å². The molecule has 3 aliphatic rings. The monoisotopic (exact) mass is 851 g/mol. The van der Waals surface area contributed by atoms with Crippen molar-refractivity contribution in [1.82, 2.24) is 45.3 Å². The molecule has 0 spiro atoms. The molecule has 0 saturated carbocycles. The van der Waals surface area contributed by atoms with E-state index in [9.17, 15) is 24.3 Å². The Kier molecular flexibility index (Phi) is 11.6. The van der Waals surface area contributed by atoms with Crippen LogP contribution in [0.3, 0.4) is 0 Å². The van der Waals surface area contributed by atoms with Crippen LogP contribution in [0.15, 0.2) is 91.1 Å². The number of β-amino-alcohol motifs (C(OH)–C–C–N with tert-alkyl or cyclic N) is 1. The van der Waals surface area contributed by atoms with Gasteiger partial charge in [0.05, 0.1) is 48.2 Å². The number of amides is 5. The Labute approximate surface area is 365 Å². The van der Waals surface area contributed by atoms with Crippen molar-refractivity contribution in [1.29, 1.82) is 0 Å². The predicted molar refractivity (Wildman–Crippen MR) is 238 cm³/mol. The predicted octanol–water partition coefficient (Wildman–Crippen LogP) is 7.00. The van der Waals surface area contributed by atoms with Gasteiger partial charge in [0.2, 0.25) is 11.8 Å². The lowest BCUT2D eigenvalue weighted by molar-refractivity contribution is -0.135. The number of nitrogens with zero attached hydrogens (tertiary/aromatic N) is 5. The molecule has 5 heterocycles. The SMILES string of the molecule is COC(=O)NC(C(=O)N1CCCC1c1ncc(-c2ccc3cc(-c4ccc5nc(C6CCCN6C(=O)C(NC(=O)N6CCC(O)C6)c6ccccc6)[nH]c5c4)ccc3c2)[nH]1)C(C)C. The number of likely N-dealkylation sites (tertiary alicyclic amines) is 3. The second-order valence-electron chi connectivity index (χ2n) is 17.2. The lowest BCUT2D eigenvalue weighted by atomic mass is 9.99. The number of hydrogen-bond donors (Lipinski definition) is 5. The summed E-state index contributed by atoms with van der Waals surface area (Å²) < 4.78 is 4.78. The van der Waals surface area contributed by atoms with Gasteiger partial charge in [0, 0.05) is 31.7 Å². The lowest BCUT2D eigenvalue weighted by Crippen LogP contribution is -2.51. The minimum Gasteiger partial charge on any atom is -0.453 e. The number of ether oxygens (including phenoxy) is 1. The third kappa shape index (κ3) is 8.44. The highest BCUT2D eigenvalue weighted by Gasteiger charge is 2.39. The molecule has 3 saturated heterocycles. The number of aromatic amines is 2. The minimum atomic E-state index is -0.879. The van der Waals surface area contributed by atoms with Gasteiger partial charge < -0.3 is 45.1 Å². The van der Waals surface area contributed by atoms with Crippen LogP contribution in [0.25, 0.3) is 44.2 Å². The summed E-state index contributed by atoms with van der Waals surface area (Å²) in [7, 11) is 1.29. The number of carbonyl (C=O) groups excluding carboxylic acids is 4. The molecule has 63 heavy (non-hydrogen) atoms. The Hall–Kier alpha value is -6.74. The van der Waals surface area contributed by atoms with E-state index in [1.807, 2.05) is 66.2 Å². The summed E-state index contributed by atoms with van der Waals surface area (Å²) >= 11 is 0. The highest BCUT2D eigenvalue weighted by Crippen LogP contribution is 2.37. The van der Waals surface area contributed by atoms with Crippen LogP contribution in [0, 0.1) is 5.92 Å². The number of hydrogen-bond acceptors (Lipinski definition) is 8. The van der Waals surface area contributed by atoms with Crippen molar-refractivity contribution < 1.29 is 29.0 Å². The van der Waals surface area contributed by atoms with E-state index >= 15 is 0 Å². The van der Waals surface area contributed by atoms with Crippen molar-refractivity contribution in [3.8, 4) is 22.4 Å². The maximum atomic E-state index is 14.3. The number of benzene rings is 4. The van der Waals surface area contributed by atoms with Crippen LogP contribution in [-0.2, 0) is 14.3 Å². The lowest BCUT2D eigenvalue weighted by Gasteiger charge is -2.30. The fourth-order valence-corrected chi connectivity index (χ4v) is 9.36. The Morgan fingerprint density at radius 2 is 1.43 bits per heavy atom. The molecule has 3 aliphatic heterocycles. The summed E-state index contributed by atoms with van der Waals surface area (Å²) in [5.41, 5.74) is 6.29. The molecule has 6 aromatic rings. The molecule has 3 fully saturated rings. The molecule has 5 unspecified atom stereocenters. The normalized spacial score (nSPS) is 19.8. The van der Waals surface area contributed by atoms with E-state index in [4.69, 9.17) is 14.7 Å². The average Bonchev–Trinajstić information content (AvgIpc) is 4.16. The Balaban J connectivity index is 0.906. The Bertz CT molecular complexity index is 2660. The summed E-state index contributed by atoms with van der Waals surface area (Å²) in [6.07, 6.45) is 4.31. The van der Waals surface area contributed by atoms with Crippen LogP contribution in [0.4, 0.5) is 9.59 Å². The van der Waals surface area contributed by atoms with Crippen LogP contribution in [0.2, 0.25) is 0 Å². The van der Waals surface area contributed by atoms with Crippen molar-refractivity contribution in [3.63, 3.8) is 0 Å². The molecule has 0 aliphatic carbocycles. The molecular formula is C48H53N9O6. The van der Waals surface area contributed by atoms with Gasteiger partial charge in [0.1, 0.15) is 23.7 Å². The number of alkyl carbamates (subject to hydrolysis) is 1. The second kappa shape index (κ2) is 17.6. The van der Waals surface area contributed by atoms with Gasteiger partial charge >= 0.3 is 12.1 Å². The van der Waals surface area contributed by atoms with E-state index in [-0.39, 0.29) is 42.4 Å². The number of rotatable bonds is 10. The minimum absolute atomic E-state index is 0.114. The third-order valence-electron chi connectivity index (χ3n) is 12.8. The third-order valence-corrected chi connectivity index (χ3v) is 12.8.